The molecule has 4 heteroatoms. The smallest absolute Gasteiger partial charge is 0.0758 e. The molecule has 6 rings (SSSR count). The first kappa shape index (κ1) is 26.7. The molecule has 194 valence electrons. The Hall–Kier alpha value is -1.56. The summed E-state index contributed by atoms with van der Waals surface area (Å²) in [7, 11) is 0. The van der Waals surface area contributed by atoms with Gasteiger partial charge in [0.05, 0.1) is 35.0 Å². The summed E-state index contributed by atoms with van der Waals surface area (Å²) in [5.74, 6) is 0. The molecule has 2 saturated heterocycles. The highest BCUT2D eigenvalue weighted by atomic mass is 32.7. The fourth-order valence-electron chi connectivity index (χ4n) is 7.25. The van der Waals surface area contributed by atoms with Crippen LogP contribution in [0, 0.1) is 0 Å². The van der Waals surface area contributed by atoms with Crippen LogP contribution in [0.4, 0.5) is 0 Å². The lowest BCUT2D eigenvalue weighted by Gasteiger charge is -2.45. The molecular formula is C34H36P2S2. The summed E-state index contributed by atoms with van der Waals surface area (Å²) in [6.45, 7) is -3.54. The summed E-state index contributed by atoms with van der Waals surface area (Å²) in [6.07, 6.45) is 7.07. The van der Waals surface area contributed by atoms with E-state index in [0.29, 0.717) is 22.6 Å². The van der Waals surface area contributed by atoms with E-state index in [-0.39, 0.29) is 0 Å². The number of hydrogen-bond acceptors (Lipinski definition) is 2. The van der Waals surface area contributed by atoms with Gasteiger partial charge in [-0.2, -0.15) is 0 Å². The lowest BCUT2D eigenvalue weighted by molar-refractivity contribution is 0.765. The molecule has 0 aliphatic carbocycles. The van der Waals surface area contributed by atoms with Crippen molar-refractivity contribution >= 4 is 37.4 Å². The first-order valence-electron chi connectivity index (χ1n) is 14.0. The Balaban J connectivity index is 1.38. The Kier molecular flexibility index (Phi) is 8.07. The van der Waals surface area contributed by atoms with Crippen LogP contribution in [-0.4, -0.2) is 12.3 Å². The van der Waals surface area contributed by atoms with Gasteiger partial charge >= 0.3 is 0 Å². The summed E-state index contributed by atoms with van der Waals surface area (Å²) in [4.78, 5) is 0. The van der Waals surface area contributed by atoms with Crippen LogP contribution in [0.5, 0.6) is 0 Å². The molecule has 0 N–H and O–H groups in total. The third kappa shape index (κ3) is 5.04. The zero-order valence-corrected chi connectivity index (χ0v) is 25.2. The highest BCUT2D eigenvalue weighted by Crippen LogP contribution is 2.88. The van der Waals surface area contributed by atoms with Gasteiger partial charge in [-0.3, -0.25) is 0 Å². The normalized spacial score (nSPS) is 25.8. The average Bonchev–Trinajstić information content (AvgIpc) is 3.51. The standard InChI is InChI=1S/C34H36P2S2/c37-35(31(27-13-5-1-6-14-27)21-22-32(35)28-15-7-2-8-16-28)25-26-36(38)33(29-17-9-3-10-18-29)23-24-34(36)30-19-11-4-12-20-30/h1-20,31-34H,21-26H2/t31-,32-,33-,34-/m0/s1. The molecule has 0 saturated carbocycles. The van der Waals surface area contributed by atoms with E-state index >= 15 is 0 Å². The molecule has 38 heavy (non-hydrogen) atoms. The predicted octanol–water partition coefficient (Wildman–Crippen LogP) is 10.5. The van der Waals surface area contributed by atoms with Crippen LogP contribution < -0.4 is 0 Å². The minimum absolute atomic E-state index is 0.499. The molecule has 4 atom stereocenters. The Morgan fingerprint density at radius 1 is 0.395 bits per heavy atom. The second kappa shape index (κ2) is 11.5. The van der Waals surface area contributed by atoms with Crippen molar-refractivity contribution in [2.45, 2.75) is 48.3 Å². The quantitative estimate of drug-likeness (QED) is 0.160. The highest BCUT2D eigenvalue weighted by Gasteiger charge is 2.53. The van der Waals surface area contributed by atoms with Gasteiger partial charge in [0.1, 0.15) is 0 Å². The van der Waals surface area contributed by atoms with Gasteiger partial charge in [0.15, 0.2) is 0 Å². The molecular weight excluding hydrogens is 534 g/mol. The second-order valence-electron chi connectivity index (χ2n) is 11.0. The summed E-state index contributed by atoms with van der Waals surface area (Å²) in [5, 5.41) is 0. The molecule has 0 radical (unpaired) electrons. The van der Waals surface area contributed by atoms with Gasteiger partial charge < -0.3 is 24.5 Å². The molecule has 0 aromatic heterocycles. The minimum atomic E-state index is -1.77. The van der Waals surface area contributed by atoms with E-state index in [1.54, 1.807) is 0 Å². The van der Waals surface area contributed by atoms with Gasteiger partial charge in [-0.1, -0.05) is 134 Å². The average molecular weight is 571 g/mol. The maximum Gasteiger partial charge on any atom is 0.0758 e. The Morgan fingerprint density at radius 2 is 0.605 bits per heavy atom. The van der Waals surface area contributed by atoms with Crippen molar-refractivity contribution in [3.63, 3.8) is 0 Å². The lowest BCUT2D eigenvalue weighted by atomic mass is 10.0. The van der Waals surface area contributed by atoms with E-state index in [0.717, 1.165) is 12.3 Å². The van der Waals surface area contributed by atoms with Crippen LogP contribution >= 0.6 is 12.9 Å². The summed E-state index contributed by atoms with van der Waals surface area (Å²) in [5.41, 5.74) is 7.82. The third-order valence-corrected chi connectivity index (χ3v) is 21.9. The van der Waals surface area contributed by atoms with Crippen molar-refractivity contribution in [1.29, 1.82) is 0 Å². The van der Waals surface area contributed by atoms with Gasteiger partial charge in [0.2, 0.25) is 0 Å². The number of hydrogen-bond donors (Lipinski definition) is 0. The zero-order chi connectivity index (χ0) is 26.0. The molecule has 2 aliphatic heterocycles. The first-order chi connectivity index (χ1) is 18.6. The van der Waals surface area contributed by atoms with E-state index in [2.05, 4.69) is 121 Å². The molecule has 4 aromatic rings. The largest absolute Gasteiger partial charge is 0.555 e. The van der Waals surface area contributed by atoms with Crippen molar-refractivity contribution in [1.82, 2.24) is 0 Å². The van der Waals surface area contributed by atoms with Gasteiger partial charge in [-0.05, 0) is 47.9 Å². The van der Waals surface area contributed by atoms with Crippen LogP contribution in [-0.2, 0) is 24.5 Å². The molecule has 0 unspecified atom stereocenters. The van der Waals surface area contributed by atoms with E-state index in [4.69, 9.17) is 24.5 Å². The summed E-state index contributed by atoms with van der Waals surface area (Å²) in [6, 6.07) is 44.7. The Morgan fingerprint density at radius 3 is 0.816 bits per heavy atom. The van der Waals surface area contributed by atoms with Crippen molar-refractivity contribution in [3.05, 3.63) is 144 Å². The predicted molar refractivity (Wildman–Crippen MR) is 174 cm³/mol. The SMILES string of the molecule is [S-][P+]1(CC[P+]2([S-])[C@H](c3ccccc3)CC[C@H]2c2ccccc2)[C@H](c2ccccc2)CC[C@H]1c1ccccc1. The van der Waals surface area contributed by atoms with Crippen molar-refractivity contribution in [2.75, 3.05) is 12.3 Å². The zero-order valence-electron chi connectivity index (χ0n) is 21.8. The van der Waals surface area contributed by atoms with Crippen LogP contribution in [0.15, 0.2) is 121 Å². The van der Waals surface area contributed by atoms with E-state index in [1.165, 1.54) is 47.9 Å². The van der Waals surface area contributed by atoms with Gasteiger partial charge in [0.25, 0.3) is 0 Å². The first-order valence-corrected chi connectivity index (χ1v) is 20.2. The fourth-order valence-corrected chi connectivity index (χ4v) is 21.1. The molecule has 0 amide bonds. The lowest BCUT2D eigenvalue weighted by Crippen LogP contribution is -2.15. The molecule has 2 fully saturated rings. The number of rotatable bonds is 7. The topological polar surface area (TPSA) is 0 Å². The fraction of sp³-hybridized carbons (Fsp3) is 0.294. The molecule has 2 aliphatic rings. The maximum absolute atomic E-state index is 6.95. The number of benzene rings is 4. The summed E-state index contributed by atoms with van der Waals surface area (Å²) < 4.78 is 0. The molecule has 2 heterocycles. The minimum Gasteiger partial charge on any atom is -0.555 e. The monoisotopic (exact) mass is 570 g/mol. The molecule has 0 bridgehead atoms. The Labute approximate surface area is 240 Å². The third-order valence-electron chi connectivity index (χ3n) is 9.07. The van der Waals surface area contributed by atoms with Crippen LogP contribution in [0.2, 0.25) is 0 Å². The maximum atomic E-state index is 6.95. The summed E-state index contributed by atoms with van der Waals surface area (Å²) >= 11 is 13.9. The van der Waals surface area contributed by atoms with E-state index < -0.39 is 12.9 Å². The molecule has 4 aromatic carbocycles. The van der Waals surface area contributed by atoms with Crippen molar-refractivity contribution in [2.24, 2.45) is 0 Å². The van der Waals surface area contributed by atoms with E-state index in [9.17, 15) is 0 Å². The van der Waals surface area contributed by atoms with Crippen LogP contribution in [0.1, 0.15) is 70.6 Å². The van der Waals surface area contributed by atoms with Gasteiger partial charge in [0, 0.05) is 0 Å². The van der Waals surface area contributed by atoms with Gasteiger partial charge in [-0.15, -0.1) is 0 Å². The molecule has 0 nitrogen and oxygen atoms in total. The van der Waals surface area contributed by atoms with Crippen molar-refractivity contribution < 1.29 is 0 Å². The highest BCUT2D eigenvalue weighted by molar-refractivity contribution is 8.44. The van der Waals surface area contributed by atoms with Crippen molar-refractivity contribution in [3.8, 4) is 0 Å². The Bertz CT molecular complexity index is 1110. The van der Waals surface area contributed by atoms with Crippen LogP contribution in [0.25, 0.3) is 0 Å². The molecule has 0 spiro atoms. The second-order valence-corrected chi connectivity index (χ2v) is 21.9. The van der Waals surface area contributed by atoms with Crippen LogP contribution in [0.3, 0.4) is 0 Å². The van der Waals surface area contributed by atoms with E-state index in [1.807, 2.05) is 0 Å². The van der Waals surface area contributed by atoms with Gasteiger partial charge in [-0.25, -0.2) is 0 Å².